The molecule has 2 heterocycles. The molecule has 0 radical (unpaired) electrons. The van der Waals surface area contributed by atoms with Gasteiger partial charge in [0.2, 0.25) is 11.0 Å². The summed E-state index contributed by atoms with van der Waals surface area (Å²) in [5.74, 6) is -0.374. The van der Waals surface area contributed by atoms with Crippen LogP contribution in [0.1, 0.15) is 23.2 Å². The first-order valence-electron chi connectivity index (χ1n) is 8.98. The molecule has 148 valence electrons. The molecule has 1 atom stereocenters. The third-order valence-electron chi connectivity index (χ3n) is 4.63. The van der Waals surface area contributed by atoms with Crippen LogP contribution in [0.15, 0.2) is 57.5 Å². The van der Waals surface area contributed by atoms with Gasteiger partial charge in [0, 0.05) is 26.6 Å². The summed E-state index contributed by atoms with van der Waals surface area (Å²) in [7, 11) is 0. The number of hydrogen-bond acceptors (Lipinski definition) is 5. The standard InChI is InChI=1S/C20H16Br2N4O2S/c21-14-8-6-12(7-9-14)18-24-25-20(29-18)23-17(27)16-5-2-10-26(16)19(28)13-3-1-4-15(22)11-13/h1,3-4,6-9,11,16H,2,5,10H2,(H,23,25,27)/t16-/m0/s1. The second-order valence-electron chi connectivity index (χ2n) is 6.58. The molecule has 1 saturated heterocycles. The summed E-state index contributed by atoms with van der Waals surface area (Å²) >= 11 is 8.10. The van der Waals surface area contributed by atoms with Crippen LogP contribution in [0.25, 0.3) is 10.6 Å². The molecule has 29 heavy (non-hydrogen) atoms. The van der Waals surface area contributed by atoms with Crippen LogP contribution in [-0.4, -0.2) is 39.5 Å². The Kier molecular flexibility index (Phi) is 6.07. The summed E-state index contributed by atoms with van der Waals surface area (Å²) in [6.07, 6.45) is 1.42. The van der Waals surface area contributed by atoms with Gasteiger partial charge in [-0.1, -0.05) is 61.4 Å². The fraction of sp³-hybridized carbons (Fsp3) is 0.200. The van der Waals surface area contributed by atoms with Crippen LogP contribution in [-0.2, 0) is 4.79 Å². The maximum Gasteiger partial charge on any atom is 0.254 e. The maximum absolute atomic E-state index is 12.9. The lowest BCUT2D eigenvalue weighted by Gasteiger charge is -2.23. The van der Waals surface area contributed by atoms with Crippen molar-refractivity contribution in [3.05, 3.63) is 63.0 Å². The minimum absolute atomic E-state index is 0.142. The highest BCUT2D eigenvalue weighted by molar-refractivity contribution is 9.10. The van der Waals surface area contributed by atoms with E-state index < -0.39 is 6.04 Å². The molecule has 1 aliphatic rings. The Balaban J connectivity index is 1.46. The van der Waals surface area contributed by atoms with Crippen LogP contribution in [0.2, 0.25) is 0 Å². The van der Waals surface area contributed by atoms with E-state index in [0.29, 0.717) is 23.7 Å². The molecular weight excluding hydrogens is 520 g/mol. The Labute approximate surface area is 188 Å². The van der Waals surface area contributed by atoms with Crippen molar-refractivity contribution >= 4 is 60.1 Å². The van der Waals surface area contributed by atoms with E-state index in [-0.39, 0.29) is 11.8 Å². The molecule has 3 aromatic rings. The second-order valence-corrected chi connectivity index (χ2v) is 9.38. The van der Waals surface area contributed by atoms with E-state index in [0.717, 1.165) is 25.9 Å². The first-order valence-corrected chi connectivity index (χ1v) is 11.4. The third-order valence-corrected chi connectivity index (χ3v) is 6.54. The normalized spacial score (nSPS) is 16.1. The number of benzene rings is 2. The quantitative estimate of drug-likeness (QED) is 0.511. The molecule has 1 fully saturated rings. The first-order chi connectivity index (χ1) is 14.0. The summed E-state index contributed by atoms with van der Waals surface area (Å²) in [5, 5.41) is 12.2. The van der Waals surface area contributed by atoms with Gasteiger partial charge >= 0.3 is 0 Å². The number of nitrogens with one attached hydrogen (secondary N) is 1. The largest absolute Gasteiger partial charge is 0.327 e. The van der Waals surface area contributed by atoms with Crippen LogP contribution < -0.4 is 5.32 Å². The van der Waals surface area contributed by atoms with Gasteiger partial charge in [-0.2, -0.15) is 0 Å². The lowest BCUT2D eigenvalue weighted by molar-refractivity contribution is -0.119. The van der Waals surface area contributed by atoms with Crippen molar-refractivity contribution < 1.29 is 9.59 Å². The first kappa shape index (κ1) is 20.2. The summed E-state index contributed by atoms with van der Waals surface area (Å²) < 4.78 is 1.81. The summed E-state index contributed by atoms with van der Waals surface area (Å²) in [6, 6.07) is 14.4. The summed E-state index contributed by atoms with van der Waals surface area (Å²) in [6.45, 7) is 0.559. The van der Waals surface area contributed by atoms with E-state index in [1.165, 1.54) is 11.3 Å². The van der Waals surface area contributed by atoms with E-state index in [1.54, 1.807) is 17.0 Å². The smallest absolute Gasteiger partial charge is 0.254 e. The van der Waals surface area contributed by atoms with E-state index >= 15 is 0 Å². The minimum atomic E-state index is -0.512. The molecule has 1 aromatic heterocycles. The Hall–Kier alpha value is -2.10. The zero-order valence-corrected chi connectivity index (χ0v) is 19.1. The number of halogens is 2. The van der Waals surface area contributed by atoms with Gasteiger partial charge in [0.25, 0.3) is 5.91 Å². The highest BCUT2D eigenvalue weighted by atomic mass is 79.9. The average Bonchev–Trinajstić information content (AvgIpc) is 3.38. The molecule has 0 saturated carbocycles. The van der Waals surface area contributed by atoms with Crippen molar-refractivity contribution in [3.8, 4) is 10.6 Å². The molecule has 2 aromatic carbocycles. The van der Waals surface area contributed by atoms with Crippen LogP contribution in [0.5, 0.6) is 0 Å². The zero-order valence-electron chi connectivity index (χ0n) is 15.1. The SMILES string of the molecule is O=C(Nc1nnc(-c2ccc(Br)cc2)s1)[C@@H]1CCCN1C(=O)c1cccc(Br)c1. The number of rotatable bonds is 4. The van der Waals surface area contributed by atoms with E-state index in [1.807, 2.05) is 36.4 Å². The Morgan fingerprint density at radius 3 is 2.62 bits per heavy atom. The lowest BCUT2D eigenvalue weighted by atomic mass is 10.1. The second kappa shape index (κ2) is 8.73. The molecule has 0 aliphatic carbocycles. The van der Waals surface area contributed by atoms with Crippen LogP contribution >= 0.6 is 43.2 Å². The average molecular weight is 536 g/mol. The number of nitrogens with zero attached hydrogens (tertiary/aromatic N) is 3. The van der Waals surface area contributed by atoms with Gasteiger partial charge in [0.05, 0.1) is 0 Å². The fourth-order valence-corrected chi connectivity index (χ4v) is 4.66. The fourth-order valence-electron chi connectivity index (χ4n) is 3.24. The van der Waals surface area contributed by atoms with Gasteiger partial charge in [-0.05, 0) is 43.2 Å². The molecular formula is C20H16Br2N4O2S. The van der Waals surface area contributed by atoms with Gasteiger partial charge < -0.3 is 4.90 Å². The number of anilines is 1. The van der Waals surface area contributed by atoms with Crippen molar-refractivity contribution in [2.45, 2.75) is 18.9 Å². The topological polar surface area (TPSA) is 75.2 Å². The molecule has 1 aliphatic heterocycles. The number of amides is 2. The van der Waals surface area contributed by atoms with Crippen LogP contribution in [0.4, 0.5) is 5.13 Å². The Bertz CT molecular complexity index is 1050. The summed E-state index contributed by atoms with van der Waals surface area (Å²) in [5.41, 5.74) is 1.49. The van der Waals surface area contributed by atoms with Crippen LogP contribution in [0.3, 0.4) is 0 Å². The third kappa shape index (κ3) is 4.57. The van der Waals surface area contributed by atoms with E-state index in [4.69, 9.17) is 0 Å². The van der Waals surface area contributed by atoms with Crippen LogP contribution in [0, 0.1) is 0 Å². The van der Waals surface area contributed by atoms with Gasteiger partial charge in [0.15, 0.2) is 0 Å². The highest BCUT2D eigenvalue weighted by Crippen LogP contribution is 2.28. The lowest BCUT2D eigenvalue weighted by Crippen LogP contribution is -2.43. The van der Waals surface area contributed by atoms with Crippen molar-refractivity contribution in [2.24, 2.45) is 0 Å². The minimum Gasteiger partial charge on any atom is -0.327 e. The molecule has 1 N–H and O–H groups in total. The number of hydrogen-bond donors (Lipinski definition) is 1. The van der Waals surface area contributed by atoms with Gasteiger partial charge in [-0.3, -0.25) is 14.9 Å². The molecule has 0 unspecified atom stereocenters. The predicted molar refractivity (Wildman–Crippen MR) is 120 cm³/mol. The van der Waals surface area contributed by atoms with Gasteiger partial charge in [-0.25, -0.2) is 0 Å². The zero-order chi connectivity index (χ0) is 20.4. The predicted octanol–water partition coefficient (Wildman–Crippen LogP) is 4.97. The van der Waals surface area contributed by atoms with E-state index in [9.17, 15) is 9.59 Å². The van der Waals surface area contributed by atoms with Crippen molar-refractivity contribution in [1.29, 1.82) is 0 Å². The summed E-state index contributed by atoms with van der Waals surface area (Å²) in [4.78, 5) is 27.3. The molecule has 4 rings (SSSR count). The van der Waals surface area contributed by atoms with Gasteiger partial charge in [0.1, 0.15) is 11.0 Å². The molecule has 0 spiro atoms. The number of aromatic nitrogens is 2. The number of carbonyl (C=O) groups excluding carboxylic acids is 2. The molecule has 0 bridgehead atoms. The van der Waals surface area contributed by atoms with Gasteiger partial charge in [-0.15, -0.1) is 10.2 Å². The monoisotopic (exact) mass is 534 g/mol. The highest BCUT2D eigenvalue weighted by Gasteiger charge is 2.35. The molecule has 6 nitrogen and oxygen atoms in total. The van der Waals surface area contributed by atoms with Crippen molar-refractivity contribution in [3.63, 3.8) is 0 Å². The Morgan fingerprint density at radius 2 is 1.86 bits per heavy atom. The molecule has 9 heteroatoms. The number of likely N-dealkylation sites (tertiary alicyclic amines) is 1. The Morgan fingerprint density at radius 1 is 1.07 bits per heavy atom. The van der Waals surface area contributed by atoms with E-state index in [2.05, 4.69) is 47.4 Å². The number of carbonyl (C=O) groups is 2. The molecule has 2 amide bonds. The van der Waals surface area contributed by atoms with Crippen molar-refractivity contribution in [1.82, 2.24) is 15.1 Å². The maximum atomic E-state index is 12.9. The van der Waals surface area contributed by atoms with Crippen molar-refractivity contribution in [2.75, 3.05) is 11.9 Å².